The van der Waals surface area contributed by atoms with E-state index in [1.165, 1.54) is 19.2 Å². The van der Waals surface area contributed by atoms with Crippen LogP contribution in [0.3, 0.4) is 0 Å². The zero-order chi connectivity index (χ0) is 20.5. The summed E-state index contributed by atoms with van der Waals surface area (Å²) in [6.45, 7) is 1.99. The van der Waals surface area contributed by atoms with Crippen molar-refractivity contribution in [1.29, 1.82) is 0 Å². The Balaban J connectivity index is 1.86. The molecule has 0 radical (unpaired) electrons. The first kappa shape index (κ1) is 20.9. The molecule has 1 saturated heterocycles. The molecule has 1 aliphatic heterocycles. The van der Waals surface area contributed by atoms with E-state index in [4.69, 9.17) is 21.1 Å². The molecule has 1 heterocycles. The number of phenols is 1. The minimum Gasteiger partial charge on any atom is -0.504 e. The molecular formula is C18H23ClN2O6S. The number of aromatic hydroxyl groups is 1. The standard InChI is InChI=1S/C18H23ClN2O6S/c1-10-4-3-5-12(10)20-18(23)21-13-7-6-11(19)17(16(13)22)28(24,25)15-9-27-8-14(15)26-2/h4,6-7,12,14-15,22H,3,5,8-9H2,1-2H3,(H2,20,21,23). The predicted molar refractivity (Wildman–Crippen MR) is 105 cm³/mol. The van der Waals surface area contributed by atoms with Crippen molar-refractivity contribution in [3.8, 4) is 5.75 Å². The van der Waals surface area contributed by atoms with E-state index in [0.717, 1.165) is 18.4 Å². The van der Waals surface area contributed by atoms with Gasteiger partial charge in [-0.3, -0.25) is 0 Å². The maximum absolute atomic E-state index is 13.1. The molecule has 2 aliphatic rings. The number of allylic oxidation sites excluding steroid dienone is 1. The van der Waals surface area contributed by atoms with Gasteiger partial charge in [0.1, 0.15) is 10.1 Å². The molecule has 3 rings (SSSR count). The minimum absolute atomic E-state index is 0.0482. The van der Waals surface area contributed by atoms with E-state index >= 15 is 0 Å². The molecule has 2 amide bonds. The molecule has 8 nitrogen and oxygen atoms in total. The maximum Gasteiger partial charge on any atom is 0.319 e. The zero-order valence-corrected chi connectivity index (χ0v) is 17.1. The second-order valence-corrected chi connectivity index (χ2v) is 9.36. The number of benzene rings is 1. The average molecular weight is 431 g/mol. The Hall–Kier alpha value is -1.81. The van der Waals surface area contributed by atoms with Gasteiger partial charge in [-0.05, 0) is 31.9 Å². The van der Waals surface area contributed by atoms with Crippen LogP contribution in [0.25, 0.3) is 0 Å². The first-order valence-electron chi connectivity index (χ1n) is 8.85. The van der Waals surface area contributed by atoms with Crippen LogP contribution < -0.4 is 10.6 Å². The van der Waals surface area contributed by atoms with Crippen molar-refractivity contribution in [2.75, 3.05) is 25.6 Å². The molecule has 0 aromatic heterocycles. The van der Waals surface area contributed by atoms with Crippen LogP contribution in [0, 0.1) is 0 Å². The summed E-state index contributed by atoms with van der Waals surface area (Å²) in [5, 5.41) is 14.7. The number of phenolic OH excluding ortho intramolecular Hbond substituents is 1. The number of ether oxygens (including phenoxy) is 2. The first-order valence-corrected chi connectivity index (χ1v) is 10.8. The summed E-state index contributed by atoms with van der Waals surface area (Å²) in [4.78, 5) is 11.8. The van der Waals surface area contributed by atoms with E-state index in [9.17, 15) is 18.3 Å². The number of sulfone groups is 1. The van der Waals surface area contributed by atoms with Crippen LogP contribution in [0.5, 0.6) is 5.75 Å². The smallest absolute Gasteiger partial charge is 0.319 e. The Labute approximate surface area is 168 Å². The lowest BCUT2D eigenvalue weighted by molar-refractivity contribution is 0.0829. The fourth-order valence-corrected chi connectivity index (χ4v) is 5.81. The highest BCUT2D eigenvalue weighted by molar-refractivity contribution is 7.92. The van der Waals surface area contributed by atoms with Crippen LogP contribution in [0.4, 0.5) is 10.5 Å². The molecule has 1 aromatic rings. The number of rotatable bonds is 5. The van der Waals surface area contributed by atoms with E-state index in [-0.39, 0.29) is 30.0 Å². The number of urea groups is 1. The summed E-state index contributed by atoms with van der Waals surface area (Å²) in [5.74, 6) is -0.608. The van der Waals surface area contributed by atoms with E-state index in [1.807, 2.05) is 13.0 Å². The summed E-state index contributed by atoms with van der Waals surface area (Å²) in [7, 11) is -2.67. The van der Waals surface area contributed by atoms with E-state index < -0.39 is 37.9 Å². The molecule has 0 bridgehead atoms. The van der Waals surface area contributed by atoms with Crippen molar-refractivity contribution in [3.05, 3.63) is 28.8 Å². The predicted octanol–water partition coefficient (Wildman–Crippen LogP) is 2.46. The van der Waals surface area contributed by atoms with Crippen LogP contribution in [-0.2, 0) is 19.3 Å². The number of hydrogen-bond acceptors (Lipinski definition) is 6. The third-order valence-corrected chi connectivity index (χ3v) is 7.72. The molecule has 1 aromatic carbocycles. The van der Waals surface area contributed by atoms with Crippen molar-refractivity contribution in [3.63, 3.8) is 0 Å². The molecule has 0 saturated carbocycles. The molecule has 3 N–H and O–H groups in total. The minimum atomic E-state index is -4.06. The molecule has 10 heteroatoms. The Morgan fingerprint density at radius 1 is 1.36 bits per heavy atom. The van der Waals surface area contributed by atoms with Crippen LogP contribution in [-0.4, -0.2) is 57.3 Å². The molecule has 28 heavy (non-hydrogen) atoms. The second kappa shape index (κ2) is 8.28. The zero-order valence-electron chi connectivity index (χ0n) is 15.6. The van der Waals surface area contributed by atoms with Gasteiger partial charge in [-0.2, -0.15) is 0 Å². The number of amides is 2. The molecule has 3 unspecified atom stereocenters. The summed E-state index contributed by atoms with van der Waals surface area (Å²) < 4.78 is 36.5. The van der Waals surface area contributed by atoms with Crippen molar-refractivity contribution < 1.29 is 27.8 Å². The van der Waals surface area contributed by atoms with Crippen LogP contribution in [0.1, 0.15) is 19.8 Å². The van der Waals surface area contributed by atoms with Crippen molar-refractivity contribution >= 4 is 33.2 Å². The summed E-state index contributed by atoms with van der Waals surface area (Å²) in [6, 6.07) is 2.05. The number of methoxy groups -OCH3 is 1. The highest BCUT2D eigenvalue weighted by Crippen LogP contribution is 2.40. The van der Waals surface area contributed by atoms with Crippen molar-refractivity contribution in [2.45, 2.75) is 42.1 Å². The molecule has 0 spiro atoms. The van der Waals surface area contributed by atoms with Crippen LogP contribution >= 0.6 is 11.6 Å². The van der Waals surface area contributed by atoms with E-state index in [0.29, 0.717) is 0 Å². The van der Waals surface area contributed by atoms with Gasteiger partial charge in [0, 0.05) is 7.11 Å². The SMILES string of the molecule is COC1COCC1S(=O)(=O)c1c(Cl)ccc(NC(=O)NC2CCC=C2C)c1O. The number of anilines is 1. The third kappa shape index (κ3) is 3.98. The summed E-state index contributed by atoms with van der Waals surface area (Å²) >= 11 is 6.09. The third-order valence-electron chi connectivity index (χ3n) is 5.07. The van der Waals surface area contributed by atoms with Crippen molar-refractivity contribution in [2.24, 2.45) is 0 Å². The van der Waals surface area contributed by atoms with E-state index in [1.54, 1.807) is 0 Å². The Bertz CT molecular complexity index is 902. The summed E-state index contributed by atoms with van der Waals surface area (Å²) in [6.07, 6.45) is 3.06. The number of halogens is 1. The lowest BCUT2D eigenvalue weighted by atomic mass is 10.2. The fraction of sp³-hybridized carbons (Fsp3) is 0.500. The molecular weight excluding hydrogens is 408 g/mol. The van der Waals surface area contributed by atoms with E-state index in [2.05, 4.69) is 10.6 Å². The number of carbonyl (C=O) groups excluding carboxylic acids is 1. The largest absolute Gasteiger partial charge is 0.504 e. The van der Waals surface area contributed by atoms with Crippen LogP contribution in [0.2, 0.25) is 5.02 Å². The molecule has 154 valence electrons. The second-order valence-electron chi connectivity index (χ2n) is 6.84. The average Bonchev–Trinajstić information content (AvgIpc) is 3.27. The van der Waals surface area contributed by atoms with Crippen LogP contribution in [0.15, 0.2) is 28.7 Å². The van der Waals surface area contributed by atoms with Crippen molar-refractivity contribution in [1.82, 2.24) is 5.32 Å². The Morgan fingerprint density at radius 2 is 2.11 bits per heavy atom. The normalized spacial score (nSPS) is 24.8. The number of nitrogens with one attached hydrogen (secondary N) is 2. The number of carbonyl (C=O) groups is 1. The van der Waals surface area contributed by atoms with Gasteiger partial charge in [0.2, 0.25) is 0 Å². The van der Waals surface area contributed by atoms with Gasteiger partial charge in [-0.1, -0.05) is 23.3 Å². The lowest BCUT2D eigenvalue weighted by Gasteiger charge is -2.20. The lowest BCUT2D eigenvalue weighted by Crippen LogP contribution is -2.37. The quantitative estimate of drug-likeness (QED) is 0.488. The highest BCUT2D eigenvalue weighted by atomic mass is 35.5. The Morgan fingerprint density at radius 3 is 2.75 bits per heavy atom. The topological polar surface area (TPSA) is 114 Å². The number of hydrogen-bond donors (Lipinski definition) is 3. The first-order chi connectivity index (χ1) is 13.3. The van der Waals surface area contributed by atoms with Gasteiger partial charge in [0.15, 0.2) is 15.6 Å². The molecule has 1 fully saturated rings. The van der Waals surface area contributed by atoms with Gasteiger partial charge in [0.05, 0.1) is 36.1 Å². The fourth-order valence-electron chi connectivity index (χ4n) is 3.44. The molecule has 1 aliphatic carbocycles. The highest BCUT2D eigenvalue weighted by Gasteiger charge is 2.42. The summed E-state index contributed by atoms with van der Waals surface area (Å²) in [5.41, 5.74) is 1.01. The van der Waals surface area contributed by atoms with Gasteiger partial charge < -0.3 is 25.2 Å². The Kier molecular flexibility index (Phi) is 6.18. The molecule has 3 atom stereocenters. The maximum atomic E-state index is 13.1. The van der Waals surface area contributed by atoms with Gasteiger partial charge in [0.25, 0.3) is 0 Å². The monoisotopic (exact) mass is 430 g/mol. The van der Waals surface area contributed by atoms with Gasteiger partial charge >= 0.3 is 6.03 Å². The van der Waals surface area contributed by atoms with Gasteiger partial charge in [-0.15, -0.1) is 0 Å². The van der Waals surface area contributed by atoms with Gasteiger partial charge in [-0.25, -0.2) is 13.2 Å².